The van der Waals surface area contributed by atoms with Crippen molar-refractivity contribution in [3.8, 4) is 0 Å². The summed E-state index contributed by atoms with van der Waals surface area (Å²) in [5.41, 5.74) is 3.99. The lowest BCUT2D eigenvalue weighted by Crippen LogP contribution is -2.38. The Labute approximate surface area is 124 Å². The van der Waals surface area contributed by atoms with Gasteiger partial charge < -0.3 is 10.3 Å². The number of anilines is 1. The molecule has 1 fully saturated rings. The van der Waals surface area contributed by atoms with Crippen molar-refractivity contribution in [2.45, 2.75) is 19.8 Å². The molecule has 1 aliphatic heterocycles. The van der Waals surface area contributed by atoms with Crippen LogP contribution in [0.1, 0.15) is 30.1 Å². The van der Waals surface area contributed by atoms with Crippen LogP contribution in [0.15, 0.2) is 30.3 Å². The normalized spacial score (nSPS) is 16.2. The molecule has 0 bridgehead atoms. The van der Waals surface area contributed by atoms with Gasteiger partial charge in [-0.1, -0.05) is 25.1 Å². The summed E-state index contributed by atoms with van der Waals surface area (Å²) in [5, 5.41) is 0.875. The zero-order chi connectivity index (χ0) is 14.8. The maximum atomic E-state index is 12.8. The maximum Gasteiger partial charge on any atom is 0.254 e. The number of nitrogen functional groups attached to an aromatic ring is 1. The fourth-order valence-corrected chi connectivity index (χ4v) is 2.81. The van der Waals surface area contributed by atoms with Gasteiger partial charge in [-0.05, 0) is 30.9 Å². The number of carbonyl (C=O) groups is 1. The zero-order valence-electron chi connectivity index (χ0n) is 12.2. The molecule has 1 amide bonds. The van der Waals surface area contributed by atoms with Crippen LogP contribution in [0.3, 0.4) is 0 Å². The van der Waals surface area contributed by atoms with Gasteiger partial charge in [0.2, 0.25) is 0 Å². The topological polar surface area (TPSA) is 71.2 Å². The number of nitrogens with zero attached hydrogens (tertiary/aromatic N) is 2. The van der Waals surface area contributed by atoms with E-state index in [9.17, 15) is 4.79 Å². The van der Waals surface area contributed by atoms with E-state index in [0.29, 0.717) is 17.3 Å². The van der Waals surface area contributed by atoms with Crippen LogP contribution >= 0.6 is 0 Å². The number of nitrogens with two attached hydrogens (primary N) is 1. The fourth-order valence-electron chi connectivity index (χ4n) is 2.81. The number of fused-ring (bicyclic) bond motifs is 1. The molecule has 2 aromatic rings. The Hall–Kier alpha value is -2.14. The van der Waals surface area contributed by atoms with Crippen LogP contribution in [0.25, 0.3) is 10.9 Å². The molecule has 0 atom stereocenters. The number of likely N-dealkylation sites (tertiary alicyclic amines) is 1. The van der Waals surface area contributed by atoms with E-state index in [-0.39, 0.29) is 5.91 Å². The molecule has 0 spiro atoms. The van der Waals surface area contributed by atoms with Gasteiger partial charge in [0.05, 0.1) is 11.1 Å². The number of carbonyl (C=O) groups excluding carboxylic acids is 1. The Balaban J connectivity index is 2.00. The second-order valence-corrected chi connectivity index (χ2v) is 5.69. The molecule has 1 aromatic heterocycles. The van der Waals surface area contributed by atoms with Crippen LogP contribution in [0.2, 0.25) is 0 Å². The van der Waals surface area contributed by atoms with Crippen molar-refractivity contribution in [1.29, 1.82) is 0 Å². The molecule has 1 aromatic carbocycles. The minimum absolute atomic E-state index is 0.0667. The monoisotopic (exact) mass is 284 g/mol. The van der Waals surface area contributed by atoms with Crippen molar-refractivity contribution in [3.63, 3.8) is 0 Å². The lowest BCUT2D eigenvalue weighted by atomic mass is 9.98. The number of rotatable bonds is 2. The van der Waals surface area contributed by atoms with Crippen LogP contribution in [0.4, 0.5) is 5.82 Å². The van der Waals surface area contributed by atoms with Crippen LogP contribution in [-0.2, 0) is 0 Å². The Morgan fingerprint density at radius 3 is 2.76 bits per heavy atom. The Morgan fingerprint density at radius 2 is 2.05 bits per heavy atom. The Bertz CT molecular complexity index is 662. The number of pyridine rings is 1. The van der Waals surface area contributed by atoms with Gasteiger partial charge in [-0.25, -0.2) is 10.8 Å². The van der Waals surface area contributed by atoms with E-state index in [4.69, 9.17) is 5.84 Å². The SMILES string of the molecule is CC1CCN(C(=O)c2cc(NN)nc3ccccc23)CC1. The van der Waals surface area contributed by atoms with Gasteiger partial charge in [0, 0.05) is 18.5 Å². The number of benzene rings is 1. The minimum Gasteiger partial charge on any atom is -0.339 e. The van der Waals surface area contributed by atoms with Gasteiger partial charge in [0.15, 0.2) is 0 Å². The molecule has 1 aliphatic rings. The van der Waals surface area contributed by atoms with Gasteiger partial charge >= 0.3 is 0 Å². The van der Waals surface area contributed by atoms with Crippen molar-refractivity contribution >= 4 is 22.6 Å². The summed E-state index contributed by atoms with van der Waals surface area (Å²) in [5.74, 6) is 6.75. The summed E-state index contributed by atoms with van der Waals surface area (Å²) < 4.78 is 0. The fraction of sp³-hybridized carbons (Fsp3) is 0.375. The highest BCUT2D eigenvalue weighted by Crippen LogP contribution is 2.24. The molecule has 3 rings (SSSR count). The quantitative estimate of drug-likeness (QED) is 0.656. The second kappa shape index (κ2) is 5.69. The van der Waals surface area contributed by atoms with E-state index in [0.717, 1.165) is 36.8 Å². The summed E-state index contributed by atoms with van der Waals surface area (Å²) in [6, 6.07) is 9.40. The Morgan fingerprint density at radius 1 is 1.33 bits per heavy atom. The van der Waals surface area contributed by atoms with Crippen molar-refractivity contribution in [2.75, 3.05) is 18.5 Å². The van der Waals surface area contributed by atoms with Crippen molar-refractivity contribution in [2.24, 2.45) is 11.8 Å². The third-order valence-electron chi connectivity index (χ3n) is 4.17. The van der Waals surface area contributed by atoms with Crippen molar-refractivity contribution < 1.29 is 4.79 Å². The standard InChI is InChI=1S/C16H20N4O/c1-11-6-8-20(9-7-11)16(21)13-10-15(19-17)18-14-5-3-2-4-12(13)14/h2-5,10-11H,6-9,17H2,1H3,(H,18,19). The predicted molar refractivity (Wildman–Crippen MR) is 83.9 cm³/mol. The Kier molecular flexibility index (Phi) is 3.75. The van der Waals surface area contributed by atoms with E-state index < -0.39 is 0 Å². The molecule has 0 radical (unpaired) electrons. The molecule has 0 aliphatic carbocycles. The van der Waals surface area contributed by atoms with Crippen LogP contribution in [0, 0.1) is 5.92 Å². The smallest absolute Gasteiger partial charge is 0.254 e. The molecular weight excluding hydrogens is 264 g/mol. The lowest BCUT2D eigenvalue weighted by Gasteiger charge is -2.30. The molecule has 0 unspecified atom stereocenters. The first kappa shape index (κ1) is 13.8. The van der Waals surface area contributed by atoms with Crippen LogP contribution in [0.5, 0.6) is 0 Å². The lowest BCUT2D eigenvalue weighted by molar-refractivity contribution is 0.0699. The molecule has 5 heteroatoms. The maximum absolute atomic E-state index is 12.8. The first-order valence-corrected chi connectivity index (χ1v) is 7.34. The predicted octanol–water partition coefficient (Wildman–Crippen LogP) is 2.39. The number of hydrogen-bond acceptors (Lipinski definition) is 4. The highest BCUT2D eigenvalue weighted by atomic mass is 16.2. The summed E-state index contributed by atoms with van der Waals surface area (Å²) in [6.45, 7) is 3.88. The molecule has 0 saturated carbocycles. The molecule has 21 heavy (non-hydrogen) atoms. The third-order valence-corrected chi connectivity index (χ3v) is 4.17. The van der Waals surface area contributed by atoms with Crippen molar-refractivity contribution in [1.82, 2.24) is 9.88 Å². The average molecular weight is 284 g/mol. The van der Waals surface area contributed by atoms with Gasteiger partial charge in [-0.3, -0.25) is 4.79 Å². The number of amides is 1. The van der Waals surface area contributed by atoms with E-state index in [1.165, 1.54) is 0 Å². The molecule has 5 nitrogen and oxygen atoms in total. The largest absolute Gasteiger partial charge is 0.339 e. The van der Waals surface area contributed by atoms with Gasteiger partial charge in [0.1, 0.15) is 5.82 Å². The summed E-state index contributed by atoms with van der Waals surface area (Å²) in [4.78, 5) is 19.1. The van der Waals surface area contributed by atoms with Crippen LogP contribution < -0.4 is 11.3 Å². The molecule has 110 valence electrons. The number of hydrogen-bond donors (Lipinski definition) is 2. The first-order valence-electron chi connectivity index (χ1n) is 7.34. The van der Waals surface area contributed by atoms with E-state index in [1.54, 1.807) is 6.07 Å². The number of nitrogens with one attached hydrogen (secondary N) is 1. The number of aromatic nitrogens is 1. The second-order valence-electron chi connectivity index (χ2n) is 5.69. The van der Waals surface area contributed by atoms with Crippen LogP contribution in [-0.4, -0.2) is 28.9 Å². The van der Waals surface area contributed by atoms with Crippen molar-refractivity contribution in [3.05, 3.63) is 35.9 Å². The molecule has 3 N–H and O–H groups in total. The molecule has 2 heterocycles. The van der Waals surface area contributed by atoms with Gasteiger partial charge in [0.25, 0.3) is 5.91 Å². The van der Waals surface area contributed by atoms with E-state index in [1.807, 2.05) is 29.2 Å². The van der Waals surface area contributed by atoms with E-state index in [2.05, 4.69) is 17.3 Å². The molecular formula is C16H20N4O. The van der Waals surface area contributed by atoms with Gasteiger partial charge in [-0.15, -0.1) is 0 Å². The number of hydrazine groups is 1. The summed E-state index contributed by atoms with van der Waals surface area (Å²) in [7, 11) is 0. The highest BCUT2D eigenvalue weighted by molar-refractivity contribution is 6.07. The molecule has 1 saturated heterocycles. The number of piperidine rings is 1. The third kappa shape index (κ3) is 2.69. The number of para-hydroxylation sites is 1. The van der Waals surface area contributed by atoms with E-state index >= 15 is 0 Å². The highest BCUT2D eigenvalue weighted by Gasteiger charge is 2.23. The summed E-state index contributed by atoms with van der Waals surface area (Å²) in [6.07, 6.45) is 2.13. The van der Waals surface area contributed by atoms with Gasteiger partial charge in [-0.2, -0.15) is 0 Å². The average Bonchev–Trinajstić information content (AvgIpc) is 2.53. The minimum atomic E-state index is 0.0667. The summed E-state index contributed by atoms with van der Waals surface area (Å²) >= 11 is 0. The zero-order valence-corrected chi connectivity index (χ0v) is 12.2. The first-order chi connectivity index (χ1) is 10.2.